The maximum atomic E-state index is 9.89. The average Bonchev–Trinajstić information content (AvgIpc) is 2.88. The Labute approximate surface area is 101 Å². The van der Waals surface area contributed by atoms with Crippen molar-refractivity contribution in [2.24, 2.45) is 5.92 Å². The lowest BCUT2D eigenvalue weighted by molar-refractivity contribution is 0.125. The summed E-state index contributed by atoms with van der Waals surface area (Å²) < 4.78 is 0. The molecule has 0 radical (unpaired) electrons. The molecule has 1 fully saturated rings. The topological polar surface area (TPSA) is 20.2 Å². The molecule has 0 aromatic heterocycles. The Morgan fingerprint density at radius 1 is 1.25 bits per heavy atom. The first-order valence-electron chi connectivity index (χ1n) is 6.24. The summed E-state index contributed by atoms with van der Waals surface area (Å²) in [5.41, 5.74) is 1.52. The number of aliphatic hydroxyl groups is 1. The molecule has 16 heavy (non-hydrogen) atoms. The molecular formula is C14H18OS. The van der Waals surface area contributed by atoms with E-state index in [9.17, 15) is 5.11 Å². The van der Waals surface area contributed by atoms with Gasteiger partial charge in [-0.25, -0.2) is 0 Å². The molecule has 2 aliphatic rings. The molecular weight excluding hydrogens is 216 g/mol. The minimum atomic E-state index is -0.0298. The third-order valence-electron chi connectivity index (χ3n) is 4.01. The van der Waals surface area contributed by atoms with Crippen molar-refractivity contribution in [3.8, 4) is 0 Å². The van der Waals surface area contributed by atoms with Crippen molar-refractivity contribution in [3.63, 3.8) is 0 Å². The number of hydrogen-bond acceptors (Lipinski definition) is 2. The van der Waals surface area contributed by atoms with Crippen LogP contribution in [0.3, 0.4) is 0 Å². The molecule has 0 amide bonds. The fourth-order valence-corrected chi connectivity index (χ4v) is 4.35. The van der Waals surface area contributed by atoms with Gasteiger partial charge in [0.1, 0.15) is 0 Å². The second-order valence-corrected chi connectivity index (χ2v) is 6.10. The van der Waals surface area contributed by atoms with E-state index in [2.05, 4.69) is 24.3 Å². The molecule has 0 saturated heterocycles. The smallest absolute Gasteiger partial charge is 0.0568 e. The van der Waals surface area contributed by atoms with Gasteiger partial charge in [0.25, 0.3) is 0 Å². The van der Waals surface area contributed by atoms with Gasteiger partial charge in [0, 0.05) is 10.6 Å². The Bertz CT molecular complexity index is 377. The van der Waals surface area contributed by atoms with Crippen LogP contribution in [0.1, 0.15) is 37.2 Å². The Hall–Kier alpha value is -0.470. The first kappa shape index (κ1) is 10.7. The van der Waals surface area contributed by atoms with Gasteiger partial charge in [-0.2, -0.15) is 0 Å². The van der Waals surface area contributed by atoms with Crippen LogP contribution in [0, 0.1) is 5.92 Å². The number of thioether (sulfide) groups is 1. The summed E-state index contributed by atoms with van der Waals surface area (Å²) in [4.78, 5) is 1.46. The molecule has 0 bridgehead atoms. The van der Waals surface area contributed by atoms with Crippen molar-refractivity contribution in [2.75, 3.05) is 5.75 Å². The van der Waals surface area contributed by atoms with Crippen LogP contribution in [-0.4, -0.2) is 17.0 Å². The van der Waals surface area contributed by atoms with E-state index in [1.165, 1.54) is 35.5 Å². The van der Waals surface area contributed by atoms with Gasteiger partial charge in [-0.1, -0.05) is 24.6 Å². The van der Waals surface area contributed by atoms with E-state index < -0.39 is 0 Å². The molecule has 1 aliphatic carbocycles. The number of benzene rings is 1. The normalized spacial score (nSPS) is 32.9. The van der Waals surface area contributed by atoms with Crippen LogP contribution in [-0.2, 0) is 0 Å². The van der Waals surface area contributed by atoms with Gasteiger partial charge >= 0.3 is 0 Å². The van der Waals surface area contributed by atoms with Gasteiger partial charge in [-0.15, -0.1) is 11.8 Å². The molecule has 3 unspecified atom stereocenters. The molecule has 1 aromatic carbocycles. The summed E-state index contributed by atoms with van der Waals surface area (Å²) in [5, 5.41) is 9.89. The molecule has 3 rings (SSSR count). The van der Waals surface area contributed by atoms with Gasteiger partial charge < -0.3 is 5.11 Å². The fourth-order valence-electron chi connectivity index (χ4n) is 3.08. The van der Waals surface area contributed by atoms with Gasteiger partial charge in [0.2, 0.25) is 0 Å². The third kappa shape index (κ3) is 1.89. The number of aliphatic hydroxyl groups excluding tert-OH is 1. The van der Waals surface area contributed by atoms with Crippen LogP contribution in [0.5, 0.6) is 0 Å². The monoisotopic (exact) mass is 234 g/mol. The zero-order valence-electron chi connectivity index (χ0n) is 9.43. The summed E-state index contributed by atoms with van der Waals surface area (Å²) in [6, 6.07) is 8.76. The van der Waals surface area contributed by atoms with E-state index in [4.69, 9.17) is 0 Å². The van der Waals surface area contributed by atoms with E-state index >= 15 is 0 Å². The zero-order valence-corrected chi connectivity index (χ0v) is 10.2. The predicted molar refractivity (Wildman–Crippen MR) is 67.9 cm³/mol. The van der Waals surface area contributed by atoms with Crippen molar-refractivity contribution >= 4 is 11.8 Å². The van der Waals surface area contributed by atoms with E-state index in [1.54, 1.807) is 0 Å². The Morgan fingerprint density at radius 2 is 2.12 bits per heavy atom. The molecule has 3 atom stereocenters. The first-order chi connectivity index (χ1) is 7.84. The van der Waals surface area contributed by atoms with Crippen molar-refractivity contribution in [3.05, 3.63) is 29.8 Å². The summed E-state index contributed by atoms with van der Waals surface area (Å²) in [7, 11) is 0. The third-order valence-corrected chi connectivity index (χ3v) is 5.26. The van der Waals surface area contributed by atoms with Crippen LogP contribution in [0.2, 0.25) is 0 Å². The summed E-state index contributed by atoms with van der Waals surface area (Å²) in [6.07, 6.45) is 4.62. The first-order valence-corrected chi connectivity index (χ1v) is 7.23. The maximum Gasteiger partial charge on any atom is 0.0568 e. The number of rotatable bonds is 2. The highest BCUT2D eigenvalue weighted by Gasteiger charge is 2.31. The predicted octanol–water partition coefficient (Wildman–Crippen LogP) is 3.43. The molecule has 86 valence electrons. The molecule has 2 heteroatoms. The van der Waals surface area contributed by atoms with E-state index in [1.807, 2.05) is 11.8 Å². The quantitative estimate of drug-likeness (QED) is 0.846. The van der Waals surface area contributed by atoms with Crippen LogP contribution in [0.25, 0.3) is 0 Å². The Balaban J connectivity index is 1.73. The van der Waals surface area contributed by atoms with E-state index in [0.717, 1.165) is 6.42 Å². The average molecular weight is 234 g/mol. The Kier molecular flexibility index (Phi) is 2.95. The summed E-state index contributed by atoms with van der Waals surface area (Å²) in [6.45, 7) is 0. The van der Waals surface area contributed by atoms with Crippen molar-refractivity contribution in [1.82, 2.24) is 0 Å². The molecule has 1 nitrogen and oxygen atoms in total. The van der Waals surface area contributed by atoms with Gasteiger partial charge in [-0.05, 0) is 42.7 Å². The van der Waals surface area contributed by atoms with Gasteiger partial charge in [0.05, 0.1) is 6.10 Å². The minimum Gasteiger partial charge on any atom is -0.393 e. The van der Waals surface area contributed by atoms with Gasteiger partial charge in [0.15, 0.2) is 0 Å². The molecule has 0 spiro atoms. The van der Waals surface area contributed by atoms with E-state index in [-0.39, 0.29) is 6.10 Å². The second kappa shape index (κ2) is 4.42. The largest absolute Gasteiger partial charge is 0.393 e. The van der Waals surface area contributed by atoms with Crippen molar-refractivity contribution in [1.29, 1.82) is 0 Å². The van der Waals surface area contributed by atoms with Crippen molar-refractivity contribution < 1.29 is 5.11 Å². The molecule has 1 heterocycles. The number of fused-ring (bicyclic) bond motifs is 1. The highest BCUT2D eigenvalue weighted by atomic mass is 32.2. The van der Waals surface area contributed by atoms with Crippen LogP contribution >= 0.6 is 11.8 Å². The molecule has 1 saturated carbocycles. The highest BCUT2D eigenvalue weighted by molar-refractivity contribution is 7.99. The minimum absolute atomic E-state index is 0.0298. The van der Waals surface area contributed by atoms with Crippen LogP contribution in [0.15, 0.2) is 29.2 Å². The Morgan fingerprint density at radius 3 is 2.94 bits per heavy atom. The second-order valence-electron chi connectivity index (χ2n) is 5.04. The molecule has 1 N–H and O–H groups in total. The summed E-state index contributed by atoms with van der Waals surface area (Å²) >= 11 is 1.98. The zero-order chi connectivity index (χ0) is 11.0. The van der Waals surface area contributed by atoms with E-state index in [0.29, 0.717) is 11.8 Å². The summed E-state index contributed by atoms with van der Waals surface area (Å²) in [5.74, 6) is 2.44. The van der Waals surface area contributed by atoms with Crippen molar-refractivity contribution in [2.45, 2.75) is 42.6 Å². The maximum absolute atomic E-state index is 9.89. The number of hydrogen-bond donors (Lipinski definition) is 1. The van der Waals surface area contributed by atoms with Crippen LogP contribution < -0.4 is 0 Å². The fraction of sp³-hybridized carbons (Fsp3) is 0.571. The molecule has 1 aromatic rings. The SMILES string of the molecule is OC1CCCC1CC1CSc2ccccc21. The van der Waals surface area contributed by atoms with Crippen LogP contribution in [0.4, 0.5) is 0 Å². The lowest BCUT2D eigenvalue weighted by Crippen LogP contribution is -2.16. The highest BCUT2D eigenvalue weighted by Crippen LogP contribution is 2.44. The lowest BCUT2D eigenvalue weighted by Gasteiger charge is -2.19. The standard InChI is InChI=1S/C14H18OS/c15-13-6-3-4-10(13)8-11-9-16-14-7-2-1-5-12(11)14/h1-2,5,7,10-11,13,15H,3-4,6,8-9H2. The van der Waals surface area contributed by atoms with Gasteiger partial charge in [-0.3, -0.25) is 0 Å². The molecule has 1 aliphatic heterocycles. The lowest BCUT2D eigenvalue weighted by atomic mass is 9.88.